The van der Waals surface area contributed by atoms with Crippen LogP contribution in [0.4, 0.5) is 5.13 Å². The number of esters is 1. The topological polar surface area (TPSA) is 176 Å². The molecule has 1 fully saturated rings. The zero-order valence-corrected chi connectivity index (χ0v) is 17.4. The lowest BCUT2D eigenvalue weighted by atomic mass is 10.0. The lowest BCUT2D eigenvalue weighted by Crippen LogP contribution is -2.71. The number of anilines is 1. The highest BCUT2D eigenvalue weighted by Gasteiger charge is 2.53. The molecule has 2 amide bonds. The number of rotatable bonds is 7. The van der Waals surface area contributed by atoms with Crippen LogP contribution in [-0.4, -0.2) is 70.2 Å². The molecule has 0 saturated carbocycles. The Morgan fingerprint density at radius 2 is 2.20 bits per heavy atom. The number of nitrogen functional groups attached to an aromatic ring is 1. The third-order valence-electron chi connectivity index (χ3n) is 4.14. The molecule has 3 heterocycles. The van der Waals surface area contributed by atoms with E-state index >= 15 is 0 Å². The number of thiazole rings is 1. The fraction of sp³-hybridized carbons (Fsp3) is 0.375. The van der Waals surface area contributed by atoms with Gasteiger partial charge in [-0.05, 0) is 0 Å². The molecule has 0 unspecified atom stereocenters. The summed E-state index contributed by atoms with van der Waals surface area (Å²) in [5, 5.41) is 18.8. The maximum absolute atomic E-state index is 12.6. The van der Waals surface area contributed by atoms with Gasteiger partial charge in [-0.3, -0.25) is 19.3 Å². The Balaban J connectivity index is 1.77. The molecule has 2 aliphatic heterocycles. The van der Waals surface area contributed by atoms with Crippen molar-refractivity contribution < 1.29 is 33.9 Å². The average Bonchev–Trinajstić information content (AvgIpc) is 3.13. The maximum atomic E-state index is 12.6. The van der Waals surface area contributed by atoms with Gasteiger partial charge in [0.15, 0.2) is 10.8 Å². The Morgan fingerprint density at radius 1 is 1.47 bits per heavy atom. The fourth-order valence-corrected chi connectivity index (χ4v) is 4.75. The van der Waals surface area contributed by atoms with Gasteiger partial charge >= 0.3 is 5.97 Å². The molecule has 1 saturated heterocycles. The van der Waals surface area contributed by atoms with E-state index in [1.165, 1.54) is 31.2 Å². The van der Waals surface area contributed by atoms with E-state index in [1.54, 1.807) is 0 Å². The number of carboxylic acids is 1. The predicted octanol–water partition coefficient (Wildman–Crippen LogP) is -1.96. The number of oxime groups is 1. The van der Waals surface area contributed by atoms with Gasteiger partial charge in [0.25, 0.3) is 11.8 Å². The summed E-state index contributed by atoms with van der Waals surface area (Å²) >= 11 is 2.32. The van der Waals surface area contributed by atoms with Crippen LogP contribution in [0, 0.1) is 0 Å². The number of β-lactam (4-membered cyclic amide) rings is 1. The third kappa shape index (κ3) is 4.09. The summed E-state index contributed by atoms with van der Waals surface area (Å²) in [7, 11) is 1.25. The number of hydrogen-bond donors (Lipinski definition) is 2. The minimum Gasteiger partial charge on any atom is -0.543 e. The smallest absolute Gasteiger partial charge is 0.302 e. The van der Waals surface area contributed by atoms with E-state index < -0.39 is 35.2 Å². The van der Waals surface area contributed by atoms with Crippen molar-refractivity contribution in [2.45, 2.75) is 18.3 Å². The van der Waals surface area contributed by atoms with Crippen molar-refractivity contribution in [2.75, 3.05) is 25.2 Å². The van der Waals surface area contributed by atoms with E-state index in [2.05, 4.69) is 20.3 Å². The summed E-state index contributed by atoms with van der Waals surface area (Å²) in [6.45, 7) is 0.919. The van der Waals surface area contributed by atoms with Crippen LogP contribution >= 0.6 is 23.1 Å². The van der Waals surface area contributed by atoms with Crippen molar-refractivity contribution >= 4 is 57.7 Å². The maximum Gasteiger partial charge on any atom is 0.302 e. The molecule has 0 spiro atoms. The number of carbonyl (C=O) groups is 4. The number of carboxylic acid groups (broad SMARTS) is 1. The minimum absolute atomic E-state index is 0.177. The van der Waals surface area contributed by atoms with Gasteiger partial charge in [0.05, 0.1) is 11.7 Å². The molecule has 2 atom stereocenters. The van der Waals surface area contributed by atoms with Crippen molar-refractivity contribution in [3.8, 4) is 0 Å². The first-order valence-corrected chi connectivity index (χ1v) is 10.3. The summed E-state index contributed by atoms with van der Waals surface area (Å²) in [5.74, 6) is -3.35. The molecular formula is C16H16N5O7S2-. The number of nitrogens with one attached hydrogen (secondary N) is 1. The zero-order chi connectivity index (χ0) is 22.0. The first-order valence-electron chi connectivity index (χ1n) is 8.39. The highest BCUT2D eigenvalue weighted by molar-refractivity contribution is 8.00. The van der Waals surface area contributed by atoms with Gasteiger partial charge in [0.1, 0.15) is 30.8 Å². The largest absolute Gasteiger partial charge is 0.543 e. The van der Waals surface area contributed by atoms with Crippen molar-refractivity contribution in [1.29, 1.82) is 0 Å². The molecule has 30 heavy (non-hydrogen) atoms. The number of amides is 2. The van der Waals surface area contributed by atoms with Crippen LogP contribution in [-0.2, 0) is 28.8 Å². The van der Waals surface area contributed by atoms with Gasteiger partial charge in [-0.15, -0.1) is 23.1 Å². The van der Waals surface area contributed by atoms with E-state index in [-0.39, 0.29) is 40.2 Å². The Labute approximate surface area is 178 Å². The van der Waals surface area contributed by atoms with E-state index in [9.17, 15) is 24.3 Å². The lowest BCUT2D eigenvalue weighted by Gasteiger charge is -2.50. The summed E-state index contributed by atoms with van der Waals surface area (Å²) in [6.07, 6.45) is 0. The summed E-state index contributed by atoms with van der Waals surface area (Å²) in [6, 6.07) is -0.995. The Bertz CT molecular complexity index is 973. The number of ether oxygens (including phenoxy) is 1. The van der Waals surface area contributed by atoms with Gasteiger partial charge in [-0.1, -0.05) is 5.16 Å². The molecule has 3 rings (SSSR count). The average molecular weight is 454 g/mol. The molecule has 0 aromatic carbocycles. The molecule has 160 valence electrons. The lowest BCUT2D eigenvalue weighted by molar-refractivity contribution is -0.301. The van der Waals surface area contributed by atoms with Crippen LogP contribution in [0.15, 0.2) is 21.8 Å². The van der Waals surface area contributed by atoms with E-state index in [1.807, 2.05) is 0 Å². The molecule has 14 heteroatoms. The Hall–Kier alpha value is -3.13. The molecule has 1 aromatic rings. The van der Waals surface area contributed by atoms with E-state index in [0.29, 0.717) is 0 Å². The second-order valence-electron chi connectivity index (χ2n) is 6.07. The zero-order valence-electron chi connectivity index (χ0n) is 15.7. The monoisotopic (exact) mass is 454 g/mol. The normalized spacial score (nSPS) is 20.9. The fourth-order valence-electron chi connectivity index (χ4n) is 2.87. The number of nitrogens with two attached hydrogens (primary N) is 1. The number of aliphatic carboxylic acids is 1. The summed E-state index contributed by atoms with van der Waals surface area (Å²) in [5.41, 5.74) is 5.46. The van der Waals surface area contributed by atoms with Crippen LogP contribution in [0.2, 0.25) is 0 Å². The number of fused-ring (bicyclic) bond motifs is 1. The minimum atomic E-state index is -1.57. The van der Waals surface area contributed by atoms with E-state index in [4.69, 9.17) is 10.5 Å². The van der Waals surface area contributed by atoms with Crippen molar-refractivity contribution in [3.05, 3.63) is 22.3 Å². The van der Waals surface area contributed by atoms with E-state index in [0.717, 1.165) is 16.2 Å². The Kier molecular flexibility index (Phi) is 6.26. The molecule has 0 radical (unpaired) electrons. The van der Waals surface area contributed by atoms with Crippen molar-refractivity contribution in [3.63, 3.8) is 0 Å². The van der Waals surface area contributed by atoms with Crippen LogP contribution in [0.5, 0.6) is 0 Å². The molecular weight excluding hydrogens is 438 g/mol. The molecule has 0 aliphatic carbocycles. The van der Waals surface area contributed by atoms with Crippen LogP contribution < -0.4 is 16.2 Å². The van der Waals surface area contributed by atoms with Crippen molar-refractivity contribution in [1.82, 2.24) is 15.2 Å². The molecule has 12 nitrogen and oxygen atoms in total. The SMILES string of the molecule is CO/N=C(/C(=O)N[C@@H]1C(=O)N2C(C(=O)[O-])=C(COC(C)=O)CS[C@@H]12)c1csc(N)n1. The quantitative estimate of drug-likeness (QED) is 0.204. The second kappa shape index (κ2) is 8.71. The molecule has 1 aromatic heterocycles. The Morgan fingerprint density at radius 3 is 2.77 bits per heavy atom. The first-order chi connectivity index (χ1) is 14.2. The third-order valence-corrected chi connectivity index (χ3v) is 6.15. The predicted molar refractivity (Wildman–Crippen MR) is 104 cm³/mol. The first kappa shape index (κ1) is 21.6. The van der Waals surface area contributed by atoms with Crippen LogP contribution in [0.25, 0.3) is 0 Å². The highest BCUT2D eigenvalue weighted by atomic mass is 32.2. The van der Waals surface area contributed by atoms with Crippen LogP contribution in [0.1, 0.15) is 12.6 Å². The van der Waals surface area contributed by atoms with Gasteiger partial charge in [-0.2, -0.15) is 0 Å². The summed E-state index contributed by atoms with van der Waals surface area (Å²) < 4.78 is 4.85. The van der Waals surface area contributed by atoms with Crippen LogP contribution in [0.3, 0.4) is 0 Å². The standard InChI is InChI=1S/C16H17N5O7S2/c1-6(22)28-3-7-4-29-14-10(13(24)21(14)11(7)15(25)26)19-12(23)9(20-27-2)8-5-30-16(17)18-8/h5,10,14H,3-4H2,1-2H3,(H2,17,18)(H,19,23)(H,25,26)/p-1/b20-9+/t10-,14+/m1/s1. The molecule has 3 N–H and O–H groups in total. The summed E-state index contributed by atoms with van der Waals surface area (Å²) in [4.78, 5) is 57.5. The number of thioether (sulfide) groups is 1. The molecule has 2 aliphatic rings. The highest BCUT2D eigenvalue weighted by Crippen LogP contribution is 2.40. The molecule has 0 bridgehead atoms. The van der Waals surface area contributed by atoms with Crippen molar-refractivity contribution in [2.24, 2.45) is 5.16 Å². The number of aromatic nitrogens is 1. The number of hydrogen-bond acceptors (Lipinski definition) is 12. The number of carbonyl (C=O) groups excluding carboxylic acids is 4. The van der Waals surface area contributed by atoms with Gasteiger partial charge < -0.3 is 30.5 Å². The van der Waals surface area contributed by atoms with Gasteiger partial charge in [0.2, 0.25) is 0 Å². The second-order valence-corrected chi connectivity index (χ2v) is 8.07. The van der Waals surface area contributed by atoms with Gasteiger partial charge in [0, 0.05) is 23.6 Å². The number of nitrogens with zero attached hydrogens (tertiary/aromatic N) is 3. The van der Waals surface area contributed by atoms with Gasteiger partial charge in [-0.25, -0.2) is 4.98 Å².